The van der Waals surface area contributed by atoms with Gasteiger partial charge in [0.05, 0.1) is 0 Å². The maximum Gasteiger partial charge on any atom is 0.0492 e. The Labute approximate surface area is 110 Å². The Morgan fingerprint density at radius 1 is 1.41 bits per heavy atom. The summed E-state index contributed by atoms with van der Waals surface area (Å²) in [6.07, 6.45) is 2.76. The number of nitrogens with zero attached hydrogens (tertiary/aromatic N) is 2. The molecule has 0 spiro atoms. The van der Waals surface area contributed by atoms with Gasteiger partial charge in [-0.3, -0.25) is 4.68 Å². The van der Waals surface area contributed by atoms with Gasteiger partial charge in [0.15, 0.2) is 0 Å². The van der Waals surface area contributed by atoms with Crippen LogP contribution in [0, 0.1) is 0 Å². The van der Waals surface area contributed by atoms with Crippen LogP contribution < -0.4 is 5.73 Å². The minimum atomic E-state index is 0.310. The first-order chi connectivity index (χ1) is 8.22. The molecule has 1 heterocycles. The average Bonchev–Trinajstić information content (AvgIpc) is 2.72. The molecule has 4 heteroatoms. The monoisotopic (exact) mass is 293 g/mol. The quantitative estimate of drug-likeness (QED) is 0.942. The van der Waals surface area contributed by atoms with E-state index in [2.05, 4.69) is 45.3 Å². The third kappa shape index (κ3) is 2.76. The highest BCUT2D eigenvalue weighted by molar-refractivity contribution is 9.10. The number of hydrogen-bond donors (Lipinski definition) is 1. The maximum absolute atomic E-state index is 5.72. The molecule has 0 aliphatic carbocycles. The van der Waals surface area contributed by atoms with Crippen molar-refractivity contribution in [2.45, 2.75) is 12.3 Å². The van der Waals surface area contributed by atoms with Crippen molar-refractivity contribution < 1.29 is 0 Å². The van der Waals surface area contributed by atoms with Gasteiger partial charge in [-0.2, -0.15) is 5.10 Å². The summed E-state index contributed by atoms with van der Waals surface area (Å²) in [5.41, 5.74) is 8.19. The Morgan fingerprint density at radius 2 is 2.24 bits per heavy atom. The van der Waals surface area contributed by atoms with Crippen LogP contribution >= 0.6 is 15.9 Å². The van der Waals surface area contributed by atoms with E-state index in [1.54, 1.807) is 0 Å². The van der Waals surface area contributed by atoms with Gasteiger partial charge in [0, 0.05) is 29.3 Å². The molecule has 1 aromatic heterocycles. The Balaban J connectivity index is 2.39. The van der Waals surface area contributed by atoms with E-state index in [1.807, 2.05) is 24.0 Å². The summed E-state index contributed by atoms with van der Waals surface area (Å²) in [7, 11) is 1.97. The van der Waals surface area contributed by atoms with E-state index in [1.165, 1.54) is 11.3 Å². The Kier molecular flexibility index (Phi) is 3.97. The van der Waals surface area contributed by atoms with Gasteiger partial charge >= 0.3 is 0 Å². The zero-order valence-electron chi connectivity index (χ0n) is 9.81. The minimum Gasteiger partial charge on any atom is -0.330 e. The lowest BCUT2D eigenvalue weighted by atomic mass is 9.92. The first-order valence-corrected chi connectivity index (χ1v) is 6.45. The molecule has 17 heavy (non-hydrogen) atoms. The molecule has 1 aromatic carbocycles. The number of nitrogens with two attached hydrogens (primary N) is 1. The van der Waals surface area contributed by atoms with E-state index < -0.39 is 0 Å². The molecule has 1 unspecified atom stereocenters. The fourth-order valence-corrected chi connectivity index (χ4v) is 2.52. The Bertz CT molecular complexity index is 493. The summed E-state index contributed by atoms with van der Waals surface area (Å²) in [6, 6.07) is 10.4. The van der Waals surface area contributed by atoms with Crippen LogP contribution in [0.25, 0.3) is 0 Å². The number of aromatic nitrogens is 2. The number of hydrogen-bond acceptors (Lipinski definition) is 2. The van der Waals surface area contributed by atoms with Crippen molar-refractivity contribution in [3.63, 3.8) is 0 Å². The summed E-state index contributed by atoms with van der Waals surface area (Å²) in [6.45, 7) is 0.669. The van der Waals surface area contributed by atoms with Gasteiger partial charge in [-0.15, -0.1) is 0 Å². The number of aryl methyl sites for hydroxylation is 1. The largest absolute Gasteiger partial charge is 0.330 e. The van der Waals surface area contributed by atoms with Crippen molar-refractivity contribution in [2.24, 2.45) is 12.8 Å². The zero-order valence-corrected chi connectivity index (χ0v) is 11.4. The Hall–Kier alpha value is -1.13. The molecule has 2 N–H and O–H groups in total. The molecule has 0 aliphatic heterocycles. The van der Waals surface area contributed by atoms with Crippen LogP contribution in [0.2, 0.25) is 0 Å². The highest BCUT2D eigenvalue weighted by Crippen LogP contribution is 2.28. The summed E-state index contributed by atoms with van der Waals surface area (Å²) >= 11 is 3.51. The lowest BCUT2D eigenvalue weighted by Crippen LogP contribution is -2.12. The van der Waals surface area contributed by atoms with E-state index in [0.29, 0.717) is 12.5 Å². The first kappa shape index (κ1) is 12.3. The van der Waals surface area contributed by atoms with E-state index in [-0.39, 0.29) is 0 Å². The summed E-state index contributed by atoms with van der Waals surface area (Å²) in [4.78, 5) is 0. The predicted octanol–water partition coefficient (Wildman–Crippen LogP) is 2.66. The molecule has 0 bridgehead atoms. The van der Waals surface area contributed by atoms with Crippen molar-refractivity contribution >= 4 is 15.9 Å². The molecule has 0 saturated heterocycles. The molecular weight excluding hydrogens is 278 g/mol. The van der Waals surface area contributed by atoms with Gasteiger partial charge in [-0.25, -0.2) is 0 Å². The third-order valence-electron chi connectivity index (χ3n) is 2.92. The molecule has 1 atom stereocenters. The van der Waals surface area contributed by atoms with Crippen LogP contribution in [-0.4, -0.2) is 16.3 Å². The van der Waals surface area contributed by atoms with Crippen LogP contribution in [0.4, 0.5) is 0 Å². The third-order valence-corrected chi connectivity index (χ3v) is 3.42. The molecule has 0 aliphatic rings. The smallest absolute Gasteiger partial charge is 0.0492 e. The van der Waals surface area contributed by atoms with Gasteiger partial charge in [0.25, 0.3) is 0 Å². The predicted molar refractivity (Wildman–Crippen MR) is 72.9 cm³/mol. The normalized spacial score (nSPS) is 12.6. The summed E-state index contributed by atoms with van der Waals surface area (Å²) in [5.74, 6) is 0.310. The molecule has 0 amide bonds. The zero-order chi connectivity index (χ0) is 12.3. The summed E-state index contributed by atoms with van der Waals surface area (Å²) < 4.78 is 3.01. The second-order valence-electron chi connectivity index (χ2n) is 4.06. The van der Waals surface area contributed by atoms with E-state index in [0.717, 1.165) is 10.9 Å². The lowest BCUT2D eigenvalue weighted by Gasteiger charge is -2.17. The number of rotatable bonds is 4. The van der Waals surface area contributed by atoms with Crippen molar-refractivity contribution in [3.8, 4) is 0 Å². The van der Waals surface area contributed by atoms with Crippen LogP contribution in [0.5, 0.6) is 0 Å². The van der Waals surface area contributed by atoms with Crippen molar-refractivity contribution in [2.75, 3.05) is 6.54 Å². The fraction of sp³-hybridized carbons (Fsp3) is 0.308. The highest BCUT2D eigenvalue weighted by atomic mass is 79.9. The molecule has 2 rings (SSSR count). The van der Waals surface area contributed by atoms with Gasteiger partial charge in [0.1, 0.15) is 0 Å². The van der Waals surface area contributed by atoms with Gasteiger partial charge < -0.3 is 5.73 Å². The SMILES string of the molecule is Cn1nccc1C(CCN)c1cccc(Br)c1. The van der Waals surface area contributed by atoms with Crippen molar-refractivity contribution in [1.82, 2.24) is 9.78 Å². The van der Waals surface area contributed by atoms with Crippen LogP contribution in [0.15, 0.2) is 41.0 Å². The number of benzene rings is 1. The fourth-order valence-electron chi connectivity index (χ4n) is 2.10. The molecule has 0 fully saturated rings. The summed E-state index contributed by atoms with van der Waals surface area (Å²) in [5, 5.41) is 4.23. The Morgan fingerprint density at radius 3 is 2.82 bits per heavy atom. The molecule has 0 radical (unpaired) electrons. The van der Waals surface area contributed by atoms with Crippen molar-refractivity contribution in [3.05, 3.63) is 52.3 Å². The lowest BCUT2D eigenvalue weighted by molar-refractivity contribution is 0.630. The van der Waals surface area contributed by atoms with Crippen LogP contribution in [-0.2, 0) is 7.05 Å². The second kappa shape index (κ2) is 5.47. The maximum atomic E-state index is 5.72. The molecular formula is C13H16BrN3. The number of halogens is 1. The van der Waals surface area contributed by atoms with E-state index in [4.69, 9.17) is 5.73 Å². The molecule has 2 aromatic rings. The standard InChI is InChI=1S/C13H16BrN3/c1-17-13(6-8-16-17)12(5-7-15)10-3-2-4-11(14)9-10/h2-4,6,8-9,12H,5,7,15H2,1H3. The topological polar surface area (TPSA) is 43.8 Å². The van der Waals surface area contributed by atoms with Crippen LogP contribution in [0.3, 0.4) is 0 Å². The second-order valence-corrected chi connectivity index (χ2v) is 4.98. The molecule has 0 saturated carbocycles. The average molecular weight is 294 g/mol. The van der Waals surface area contributed by atoms with Gasteiger partial charge in [-0.1, -0.05) is 28.1 Å². The van der Waals surface area contributed by atoms with E-state index >= 15 is 0 Å². The van der Waals surface area contributed by atoms with E-state index in [9.17, 15) is 0 Å². The van der Waals surface area contributed by atoms with Crippen molar-refractivity contribution in [1.29, 1.82) is 0 Å². The van der Waals surface area contributed by atoms with Gasteiger partial charge in [-0.05, 0) is 36.7 Å². The first-order valence-electron chi connectivity index (χ1n) is 5.66. The minimum absolute atomic E-state index is 0.310. The molecule has 3 nitrogen and oxygen atoms in total. The molecule has 90 valence electrons. The van der Waals surface area contributed by atoms with Crippen LogP contribution in [0.1, 0.15) is 23.6 Å². The highest BCUT2D eigenvalue weighted by Gasteiger charge is 2.16. The van der Waals surface area contributed by atoms with Gasteiger partial charge in [0.2, 0.25) is 0 Å².